The first-order valence-electron chi connectivity index (χ1n) is 7.52. The molecule has 1 fully saturated rings. The molecule has 2 atom stereocenters. The predicted octanol–water partition coefficient (Wildman–Crippen LogP) is 1.08. The molecule has 1 saturated heterocycles. The Morgan fingerprint density at radius 2 is 2.05 bits per heavy atom. The Labute approximate surface area is 127 Å². The number of ether oxygens (including phenoxy) is 1. The number of carbonyl (C=O) groups is 1. The normalized spacial score (nSPS) is 24.0. The summed E-state index contributed by atoms with van der Waals surface area (Å²) in [5.41, 5.74) is 0. The number of amides is 1. The van der Waals surface area contributed by atoms with Crippen molar-refractivity contribution in [2.24, 2.45) is 5.92 Å². The summed E-state index contributed by atoms with van der Waals surface area (Å²) in [5.74, 6) is 0.247. The van der Waals surface area contributed by atoms with Gasteiger partial charge in [-0.25, -0.2) is 9.52 Å². The predicted molar refractivity (Wildman–Crippen MR) is 81.1 cm³/mol. The van der Waals surface area contributed by atoms with E-state index in [9.17, 15) is 13.2 Å². The third-order valence-corrected chi connectivity index (χ3v) is 5.02. The summed E-state index contributed by atoms with van der Waals surface area (Å²) in [7, 11) is -3.83. The number of nitrogens with zero attached hydrogens (tertiary/aromatic N) is 1. The van der Waals surface area contributed by atoms with Crippen LogP contribution in [0.1, 0.15) is 40.5 Å². The van der Waals surface area contributed by atoms with Crippen LogP contribution in [0, 0.1) is 5.92 Å². The van der Waals surface area contributed by atoms with Crippen molar-refractivity contribution in [3.05, 3.63) is 0 Å². The Morgan fingerprint density at radius 1 is 1.38 bits per heavy atom. The molecule has 0 spiro atoms. The molecule has 1 aliphatic heterocycles. The molecule has 8 heteroatoms. The van der Waals surface area contributed by atoms with Crippen molar-refractivity contribution < 1.29 is 17.9 Å². The molecule has 1 aliphatic rings. The van der Waals surface area contributed by atoms with Crippen molar-refractivity contribution in [3.8, 4) is 0 Å². The van der Waals surface area contributed by atoms with Gasteiger partial charge in [0.05, 0.1) is 6.10 Å². The summed E-state index contributed by atoms with van der Waals surface area (Å²) in [4.78, 5) is 11.5. The highest BCUT2D eigenvalue weighted by Gasteiger charge is 2.34. The molecule has 124 valence electrons. The minimum absolute atomic E-state index is 0.247. The van der Waals surface area contributed by atoms with Crippen LogP contribution in [-0.4, -0.2) is 50.6 Å². The lowest BCUT2D eigenvalue weighted by Gasteiger charge is -2.37. The molecular weight excluding hydrogens is 294 g/mol. The first-order chi connectivity index (χ1) is 9.80. The second-order valence-electron chi connectivity index (χ2n) is 5.54. The highest BCUT2D eigenvalue weighted by molar-refractivity contribution is 7.87. The largest absolute Gasteiger partial charge is 0.446 e. The molecule has 21 heavy (non-hydrogen) atoms. The zero-order valence-corrected chi connectivity index (χ0v) is 14.1. The van der Waals surface area contributed by atoms with Crippen LogP contribution in [-0.2, 0) is 14.9 Å². The number of rotatable bonds is 6. The molecule has 0 saturated carbocycles. The molecule has 0 aromatic rings. The smallest absolute Gasteiger partial charge is 0.422 e. The standard InChI is InChI=1S/C13H27N3O4S/c1-5-11-9-16(8-7-12(11)14-6-2)21(18,19)15-13(17)20-10(3)4/h10-12,14H,5-9H2,1-4H3,(H,15,17). The number of hydrogen-bond donors (Lipinski definition) is 2. The summed E-state index contributed by atoms with van der Waals surface area (Å²) in [5, 5.41) is 3.39. The molecule has 0 aromatic heterocycles. The van der Waals surface area contributed by atoms with E-state index in [1.165, 1.54) is 4.31 Å². The van der Waals surface area contributed by atoms with Crippen LogP contribution in [0.3, 0.4) is 0 Å². The van der Waals surface area contributed by atoms with Gasteiger partial charge in [0.1, 0.15) is 0 Å². The molecular formula is C13H27N3O4S. The van der Waals surface area contributed by atoms with E-state index in [2.05, 4.69) is 5.32 Å². The first kappa shape index (κ1) is 18.2. The van der Waals surface area contributed by atoms with E-state index in [1.807, 2.05) is 18.6 Å². The molecule has 2 N–H and O–H groups in total. The van der Waals surface area contributed by atoms with Crippen molar-refractivity contribution in [2.75, 3.05) is 19.6 Å². The second-order valence-corrected chi connectivity index (χ2v) is 7.21. The average molecular weight is 321 g/mol. The lowest BCUT2D eigenvalue weighted by Crippen LogP contribution is -2.54. The van der Waals surface area contributed by atoms with Crippen LogP contribution >= 0.6 is 0 Å². The summed E-state index contributed by atoms with van der Waals surface area (Å²) in [6.45, 7) is 9.11. The van der Waals surface area contributed by atoms with Gasteiger partial charge in [-0.1, -0.05) is 20.3 Å². The molecule has 0 radical (unpaired) electrons. The number of carbonyl (C=O) groups excluding carboxylic acids is 1. The summed E-state index contributed by atoms with van der Waals surface area (Å²) in [6.07, 6.45) is 0.349. The quantitative estimate of drug-likeness (QED) is 0.764. The maximum Gasteiger partial charge on any atom is 0.422 e. The number of hydrogen-bond acceptors (Lipinski definition) is 5. The van der Waals surface area contributed by atoms with Gasteiger partial charge in [-0.2, -0.15) is 12.7 Å². The zero-order valence-electron chi connectivity index (χ0n) is 13.3. The Bertz CT molecular complexity index is 439. The second kappa shape index (κ2) is 7.95. The summed E-state index contributed by atoms with van der Waals surface area (Å²) < 4.78 is 32.5. The van der Waals surface area contributed by atoms with Gasteiger partial charge in [0.25, 0.3) is 0 Å². The molecule has 0 aromatic carbocycles. The fourth-order valence-corrected chi connectivity index (χ4v) is 3.69. The van der Waals surface area contributed by atoms with E-state index in [1.54, 1.807) is 13.8 Å². The van der Waals surface area contributed by atoms with Crippen LogP contribution in [0.2, 0.25) is 0 Å². The molecule has 7 nitrogen and oxygen atoms in total. The minimum atomic E-state index is -3.83. The van der Waals surface area contributed by atoms with E-state index < -0.39 is 16.3 Å². The highest BCUT2D eigenvalue weighted by atomic mass is 32.2. The Kier molecular flexibility index (Phi) is 6.89. The third kappa shape index (κ3) is 5.44. The van der Waals surface area contributed by atoms with Crippen LogP contribution in [0.4, 0.5) is 4.79 Å². The molecule has 1 rings (SSSR count). The maximum atomic E-state index is 12.2. The van der Waals surface area contributed by atoms with Gasteiger partial charge in [0.15, 0.2) is 0 Å². The number of piperidine rings is 1. The van der Waals surface area contributed by atoms with Gasteiger partial charge < -0.3 is 10.1 Å². The van der Waals surface area contributed by atoms with Crippen LogP contribution < -0.4 is 10.0 Å². The zero-order chi connectivity index (χ0) is 16.0. The van der Waals surface area contributed by atoms with Gasteiger partial charge >= 0.3 is 16.3 Å². The van der Waals surface area contributed by atoms with Gasteiger partial charge in [-0.15, -0.1) is 0 Å². The minimum Gasteiger partial charge on any atom is -0.446 e. The SMILES string of the molecule is CCNC1CCN(S(=O)(=O)NC(=O)OC(C)C)CC1CC. The van der Waals surface area contributed by atoms with Crippen molar-refractivity contribution in [2.45, 2.75) is 52.7 Å². The maximum absolute atomic E-state index is 12.2. The van der Waals surface area contributed by atoms with Crippen LogP contribution in [0.15, 0.2) is 0 Å². The lowest BCUT2D eigenvalue weighted by molar-refractivity contribution is 0.120. The van der Waals surface area contributed by atoms with E-state index >= 15 is 0 Å². The fourth-order valence-electron chi connectivity index (χ4n) is 2.57. The Hall–Kier alpha value is -0.860. The lowest BCUT2D eigenvalue weighted by atomic mass is 9.91. The topological polar surface area (TPSA) is 87.7 Å². The molecule has 0 aliphatic carbocycles. The van der Waals surface area contributed by atoms with E-state index in [0.29, 0.717) is 19.1 Å². The Balaban J connectivity index is 2.66. The van der Waals surface area contributed by atoms with E-state index in [0.717, 1.165) is 19.4 Å². The summed E-state index contributed by atoms with van der Waals surface area (Å²) in [6, 6.07) is 0.328. The number of nitrogens with one attached hydrogen (secondary N) is 2. The van der Waals surface area contributed by atoms with E-state index in [-0.39, 0.29) is 12.0 Å². The van der Waals surface area contributed by atoms with Gasteiger partial charge in [0.2, 0.25) is 0 Å². The molecule has 0 bridgehead atoms. The van der Waals surface area contributed by atoms with Gasteiger partial charge in [0, 0.05) is 19.1 Å². The third-order valence-electron chi connectivity index (χ3n) is 3.58. The van der Waals surface area contributed by atoms with Crippen molar-refractivity contribution in [1.29, 1.82) is 0 Å². The first-order valence-corrected chi connectivity index (χ1v) is 8.96. The average Bonchev–Trinajstić information content (AvgIpc) is 2.37. The van der Waals surface area contributed by atoms with Gasteiger partial charge in [-0.3, -0.25) is 0 Å². The van der Waals surface area contributed by atoms with Crippen molar-refractivity contribution in [1.82, 2.24) is 14.3 Å². The summed E-state index contributed by atoms with van der Waals surface area (Å²) >= 11 is 0. The monoisotopic (exact) mass is 321 g/mol. The van der Waals surface area contributed by atoms with Crippen LogP contribution in [0.25, 0.3) is 0 Å². The Morgan fingerprint density at radius 3 is 2.57 bits per heavy atom. The fraction of sp³-hybridized carbons (Fsp3) is 0.923. The molecule has 1 amide bonds. The van der Waals surface area contributed by atoms with E-state index in [4.69, 9.17) is 4.74 Å². The molecule has 1 heterocycles. The van der Waals surface area contributed by atoms with Crippen molar-refractivity contribution >= 4 is 16.3 Å². The van der Waals surface area contributed by atoms with Crippen molar-refractivity contribution in [3.63, 3.8) is 0 Å². The van der Waals surface area contributed by atoms with Crippen LogP contribution in [0.5, 0.6) is 0 Å². The van der Waals surface area contributed by atoms with Gasteiger partial charge in [-0.05, 0) is 32.7 Å². The highest BCUT2D eigenvalue weighted by Crippen LogP contribution is 2.22. The molecule has 2 unspecified atom stereocenters.